The van der Waals surface area contributed by atoms with Gasteiger partial charge in [0, 0.05) is 31.6 Å². The van der Waals surface area contributed by atoms with Gasteiger partial charge in [-0.3, -0.25) is 0 Å². The Balaban J connectivity index is 2.29. The highest BCUT2D eigenvalue weighted by Crippen LogP contribution is 2.35. The summed E-state index contributed by atoms with van der Waals surface area (Å²) in [4.78, 5) is 8.58. The SMILES string of the molecule is CNc1cc(C)nc(C2=CCC(F)(F)CC2)n1. The molecule has 1 aromatic heterocycles. The number of hydrogen-bond acceptors (Lipinski definition) is 3. The van der Waals surface area contributed by atoms with Crippen LogP contribution < -0.4 is 5.32 Å². The minimum atomic E-state index is -2.57. The molecule has 5 heteroatoms. The maximum atomic E-state index is 13.0. The highest BCUT2D eigenvalue weighted by atomic mass is 19.3. The van der Waals surface area contributed by atoms with Gasteiger partial charge in [0.2, 0.25) is 0 Å². The Labute approximate surface area is 99.0 Å². The van der Waals surface area contributed by atoms with E-state index in [1.54, 1.807) is 13.1 Å². The summed E-state index contributed by atoms with van der Waals surface area (Å²) in [7, 11) is 1.77. The quantitative estimate of drug-likeness (QED) is 0.862. The molecule has 1 heterocycles. The van der Waals surface area contributed by atoms with Crippen LogP contribution in [-0.4, -0.2) is 22.9 Å². The summed E-state index contributed by atoms with van der Waals surface area (Å²) in [5.74, 6) is -1.30. The number of halogens is 2. The fourth-order valence-corrected chi connectivity index (χ4v) is 1.84. The smallest absolute Gasteiger partial charge is 0.251 e. The average Bonchev–Trinajstić information content (AvgIpc) is 2.28. The molecule has 0 aliphatic heterocycles. The van der Waals surface area contributed by atoms with Crippen LogP contribution in [0.2, 0.25) is 0 Å². The standard InChI is InChI=1S/C12H15F2N3/c1-8-7-10(15-2)17-11(16-8)9-3-5-12(13,14)6-4-9/h3,7H,4-6H2,1-2H3,(H,15,16,17). The number of hydrogen-bond donors (Lipinski definition) is 1. The Bertz CT molecular complexity index is 455. The number of aryl methyl sites for hydroxylation is 1. The van der Waals surface area contributed by atoms with Crippen molar-refractivity contribution in [1.82, 2.24) is 9.97 Å². The van der Waals surface area contributed by atoms with Crippen LogP contribution in [0.25, 0.3) is 5.57 Å². The third-order valence-corrected chi connectivity index (χ3v) is 2.80. The topological polar surface area (TPSA) is 37.8 Å². The van der Waals surface area contributed by atoms with Gasteiger partial charge in [-0.05, 0) is 18.9 Å². The molecule has 0 saturated carbocycles. The number of anilines is 1. The Morgan fingerprint density at radius 1 is 1.35 bits per heavy atom. The van der Waals surface area contributed by atoms with Crippen LogP contribution in [-0.2, 0) is 0 Å². The van der Waals surface area contributed by atoms with Crippen LogP contribution in [0.3, 0.4) is 0 Å². The third kappa shape index (κ3) is 2.78. The van der Waals surface area contributed by atoms with Crippen molar-refractivity contribution in [2.24, 2.45) is 0 Å². The van der Waals surface area contributed by atoms with Crippen molar-refractivity contribution in [3.05, 3.63) is 23.7 Å². The van der Waals surface area contributed by atoms with Crippen LogP contribution in [0.15, 0.2) is 12.1 Å². The maximum Gasteiger partial charge on any atom is 0.251 e. The summed E-state index contributed by atoms with van der Waals surface area (Å²) in [6, 6.07) is 1.82. The van der Waals surface area contributed by atoms with Crippen LogP contribution >= 0.6 is 0 Å². The van der Waals surface area contributed by atoms with Gasteiger partial charge < -0.3 is 5.32 Å². The van der Waals surface area contributed by atoms with Crippen molar-refractivity contribution in [2.45, 2.75) is 32.1 Å². The minimum absolute atomic E-state index is 0.120. The van der Waals surface area contributed by atoms with Gasteiger partial charge in [0.1, 0.15) is 5.82 Å². The lowest BCUT2D eigenvalue weighted by Crippen LogP contribution is -2.18. The zero-order valence-electron chi connectivity index (χ0n) is 9.93. The predicted octanol–water partition coefficient (Wildman–Crippen LogP) is 3.03. The summed E-state index contributed by atoms with van der Waals surface area (Å²) < 4.78 is 26.0. The van der Waals surface area contributed by atoms with E-state index in [4.69, 9.17) is 0 Å². The molecule has 0 saturated heterocycles. The van der Waals surface area contributed by atoms with Crippen LogP contribution in [0.4, 0.5) is 14.6 Å². The van der Waals surface area contributed by atoms with Gasteiger partial charge in [-0.1, -0.05) is 6.08 Å². The molecule has 1 aliphatic rings. The van der Waals surface area contributed by atoms with E-state index in [1.807, 2.05) is 13.0 Å². The van der Waals surface area contributed by atoms with Gasteiger partial charge in [-0.25, -0.2) is 18.7 Å². The third-order valence-electron chi connectivity index (χ3n) is 2.80. The summed E-state index contributed by atoms with van der Waals surface area (Å²) in [5, 5.41) is 2.94. The number of nitrogens with one attached hydrogen (secondary N) is 1. The lowest BCUT2D eigenvalue weighted by Gasteiger charge is -2.21. The molecule has 0 bridgehead atoms. The molecule has 1 N–H and O–H groups in total. The van der Waals surface area contributed by atoms with Crippen molar-refractivity contribution in [3.8, 4) is 0 Å². The molecule has 17 heavy (non-hydrogen) atoms. The first kappa shape index (κ1) is 12.0. The molecule has 3 nitrogen and oxygen atoms in total. The average molecular weight is 239 g/mol. The zero-order valence-corrected chi connectivity index (χ0v) is 9.93. The van der Waals surface area contributed by atoms with E-state index < -0.39 is 5.92 Å². The van der Waals surface area contributed by atoms with Crippen LogP contribution in [0, 0.1) is 6.92 Å². The molecule has 0 spiro atoms. The molecule has 0 radical (unpaired) electrons. The van der Waals surface area contributed by atoms with E-state index in [9.17, 15) is 8.78 Å². The lowest BCUT2D eigenvalue weighted by atomic mass is 9.96. The lowest BCUT2D eigenvalue weighted by molar-refractivity contribution is -0.00608. The first-order chi connectivity index (χ1) is 8.00. The highest BCUT2D eigenvalue weighted by Gasteiger charge is 2.31. The molecule has 92 valence electrons. The molecule has 1 aliphatic carbocycles. The number of nitrogens with zero attached hydrogens (tertiary/aromatic N) is 2. The van der Waals surface area contributed by atoms with Gasteiger partial charge in [-0.15, -0.1) is 0 Å². The molecule has 0 unspecified atom stereocenters. The van der Waals surface area contributed by atoms with Gasteiger partial charge in [-0.2, -0.15) is 0 Å². The van der Waals surface area contributed by atoms with E-state index in [1.165, 1.54) is 0 Å². The molecular weight excluding hydrogens is 224 g/mol. The maximum absolute atomic E-state index is 13.0. The van der Waals surface area contributed by atoms with Gasteiger partial charge in [0.05, 0.1) is 0 Å². The van der Waals surface area contributed by atoms with E-state index in [-0.39, 0.29) is 12.8 Å². The largest absolute Gasteiger partial charge is 0.373 e. The van der Waals surface area contributed by atoms with Crippen LogP contribution in [0.5, 0.6) is 0 Å². The predicted molar refractivity (Wildman–Crippen MR) is 63.1 cm³/mol. The number of rotatable bonds is 2. The summed E-state index contributed by atoms with van der Waals surface area (Å²) in [6.45, 7) is 1.87. The minimum Gasteiger partial charge on any atom is -0.373 e. The summed E-state index contributed by atoms with van der Waals surface area (Å²) in [6.07, 6.45) is 1.55. The second kappa shape index (κ2) is 4.39. The fourth-order valence-electron chi connectivity index (χ4n) is 1.84. The molecule has 0 atom stereocenters. The Hall–Kier alpha value is -1.52. The number of allylic oxidation sites excluding steroid dienone is 2. The van der Waals surface area contributed by atoms with Crippen molar-refractivity contribution in [1.29, 1.82) is 0 Å². The first-order valence-electron chi connectivity index (χ1n) is 5.61. The second-order valence-electron chi connectivity index (χ2n) is 4.26. The molecular formula is C12H15F2N3. The summed E-state index contributed by atoms with van der Waals surface area (Å²) >= 11 is 0. The molecule has 0 aromatic carbocycles. The molecule has 1 aromatic rings. The van der Waals surface area contributed by atoms with Crippen molar-refractivity contribution < 1.29 is 8.78 Å². The molecule has 2 rings (SSSR count). The summed E-state index contributed by atoms with van der Waals surface area (Å²) in [5.41, 5.74) is 1.65. The van der Waals surface area contributed by atoms with Crippen LogP contribution in [0.1, 0.15) is 30.8 Å². The van der Waals surface area contributed by atoms with E-state index in [0.717, 1.165) is 11.3 Å². The Kier molecular flexibility index (Phi) is 3.09. The van der Waals surface area contributed by atoms with Crippen molar-refractivity contribution in [3.63, 3.8) is 0 Å². The van der Waals surface area contributed by atoms with Crippen molar-refractivity contribution >= 4 is 11.4 Å². The highest BCUT2D eigenvalue weighted by molar-refractivity contribution is 5.62. The van der Waals surface area contributed by atoms with E-state index in [2.05, 4.69) is 15.3 Å². The normalized spacial score (nSPS) is 18.7. The fraction of sp³-hybridized carbons (Fsp3) is 0.500. The van der Waals surface area contributed by atoms with Gasteiger partial charge >= 0.3 is 0 Å². The van der Waals surface area contributed by atoms with Crippen molar-refractivity contribution in [2.75, 3.05) is 12.4 Å². The number of alkyl halides is 2. The van der Waals surface area contributed by atoms with Gasteiger partial charge in [0.15, 0.2) is 5.82 Å². The van der Waals surface area contributed by atoms with E-state index in [0.29, 0.717) is 18.1 Å². The first-order valence-corrected chi connectivity index (χ1v) is 5.61. The Morgan fingerprint density at radius 3 is 2.71 bits per heavy atom. The molecule has 0 amide bonds. The Morgan fingerprint density at radius 2 is 2.12 bits per heavy atom. The number of aromatic nitrogens is 2. The second-order valence-corrected chi connectivity index (χ2v) is 4.26. The van der Waals surface area contributed by atoms with Gasteiger partial charge in [0.25, 0.3) is 5.92 Å². The monoisotopic (exact) mass is 239 g/mol. The molecule has 0 fully saturated rings. The van der Waals surface area contributed by atoms with E-state index >= 15 is 0 Å². The zero-order chi connectivity index (χ0) is 12.5.